The van der Waals surface area contributed by atoms with Gasteiger partial charge in [-0.2, -0.15) is 0 Å². The summed E-state index contributed by atoms with van der Waals surface area (Å²) < 4.78 is 0. The van der Waals surface area contributed by atoms with Gasteiger partial charge in [0, 0.05) is 13.1 Å². The van der Waals surface area contributed by atoms with E-state index in [9.17, 15) is 4.79 Å². The molecule has 0 aromatic carbocycles. The monoisotopic (exact) mass is 177 g/mol. The molecule has 1 aromatic rings. The lowest BCUT2D eigenvalue weighted by molar-refractivity contribution is 0.101. The zero-order valence-corrected chi connectivity index (χ0v) is 7.42. The van der Waals surface area contributed by atoms with Crippen LogP contribution in [0.25, 0.3) is 0 Å². The number of pyridine rings is 1. The highest BCUT2D eigenvalue weighted by Crippen LogP contribution is 2.19. The van der Waals surface area contributed by atoms with Crippen LogP contribution in [0.1, 0.15) is 28.5 Å². The molecule has 13 heavy (non-hydrogen) atoms. The molecule has 0 radical (unpaired) electrons. The Hall–Kier alpha value is -1.42. The minimum atomic E-state index is -0.0281. The lowest BCUT2D eigenvalue weighted by atomic mass is 10.1. The summed E-state index contributed by atoms with van der Waals surface area (Å²) in [7, 11) is 0. The maximum absolute atomic E-state index is 11.1. The molecule has 0 amide bonds. The van der Waals surface area contributed by atoms with E-state index in [1.807, 2.05) is 6.07 Å². The second-order valence-corrected chi connectivity index (χ2v) is 3.19. The van der Waals surface area contributed by atoms with Gasteiger partial charge in [0.2, 0.25) is 0 Å². The molecule has 4 nitrogen and oxygen atoms in total. The van der Waals surface area contributed by atoms with Crippen molar-refractivity contribution in [2.45, 2.75) is 20.0 Å². The van der Waals surface area contributed by atoms with Crippen LogP contribution in [0.5, 0.6) is 0 Å². The Morgan fingerprint density at radius 3 is 3.08 bits per heavy atom. The van der Waals surface area contributed by atoms with Crippen LogP contribution >= 0.6 is 0 Å². The van der Waals surface area contributed by atoms with Gasteiger partial charge < -0.3 is 11.1 Å². The van der Waals surface area contributed by atoms with E-state index < -0.39 is 0 Å². The molecule has 0 atom stereocenters. The number of aromatic nitrogens is 1. The summed E-state index contributed by atoms with van der Waals surface area (Å²) in [4.78, 5) is 15.3. The fourth-order valence-electron chi connectivity index (χ4n) is 1.51. The van der Waals surface area contributed by atoms with E-state index in [0.29, 0.717) is 11.4 Å². The van der Waals surface area contributed by atoms with Crippen LogP contribution in [0.4, 0.5) is 5.82 Å². The van der Waals surface area contributed by atoms with Crippen LogP contribution < -0.4 is 11.1 Å². The van der Waals surface area contributed by atoms with Crippen molar-refractivity contribution >= 4 is 11.6 Å². The average Bonchev–Trinajstić information content (AvgIpc) is 2.48. The van der Waals surface area contributed by atoms with Crippen LogP contribution in [0.2, 0.25) is 0 Å². The Kier molecular flexibility index (Phi) is 1.77. The summed E-state index contributed by atoms with van der Waals surface area (Å²) in [6.45, 7) is 3.03. The average molecular weight is 177 g/mol. The number of nitrogens with two attached hydrogens (primary N) is 1. The highest BCUT2D eigenvalue weighted by Gasteiger charge is 2.16. The lowest BCUT2D eigenvalue weighted by Gasteiger charge is -2.03. The quantitative estimate of drug-likeness (QED) is 0.612. The summed E-state index contributed by atoms with van der Waals surface area (Å²) in [5.74, 6) is 0.314. The Morgan fingerprint density at radius 2 is 2.38 bits per heavy atom. The SMILES string of the molecule is CC(=O)c1cc2c(nc1N)CNC2. The van der Waals surface area contributed by atoms with E-state index in [0.717, 1.165) is 24.3 Å². The first-order valence-electron chi connectivity index (χ1n) is 4.18. The summed E-state index contributed by atoms with van der Waals surface area (Å²) >= 11 is 0. The number of fused-ring (bicyclic) bond motifs is 1. The molecule has 4 heteroatoms. The molecule has 2 rings (SSSR count). The van der Waals surface area contributed by atoms with Crippen LogP contribution in [-0.2, 0) is 13.1 Å². The standard InChI is InChI=1S/C9H11N3O/c1-5(13)7-2-6-3-11-4-8(6)12-9(7)10/h2,11H,3-4H2,1H3,(H2,10,12). The van der Waals surface area contributed by atoms with Gasteiger partial charge in [-0.15, -0.1) is 0 Å². The van der Waals surface area contributed by atoms with Crippen LogP contribution in [0.15, 0.2) is 6.07 Å². The smallest absolute Gasteiger partial charge is 0.163 e. The molecule has 0 bridgehead atoms. The number of anilines is 1. The van der Waals surface area contributed by atoms with Crippen LogP contribution in [-0.4, -0.2) is 10.8 Å². The van der Waals surface area contributed by atoms with E-state index >= 15 is 0 Å². The number of carbonyl (C=O) groups excluding carboxylic acids is 1. The second-order valence-electron chi connectivity index (χ2n) is 3.19. The molecule has 0 saturated heterocycles. The molecule has 0 unspecified atom stereocenters. The molecular formula is C9H11N3O. The third-order valence-electron chi connectivity index (χ3n) is 2.21. The fraction of sp³-hybridized carbons (Fsp3) is 0.333. The summed E-state index contributed by atoms with van der Waals surface area (Å²) in [6.07, 6.45) is 0. The van der Waals surface area contributed by atoms with Crippen molar-refractivity contribution in [1.82, 2.24) is 10.3 Å². The van der Waals surface area contributed by atoms with Crippen LogP contribution in [0, 0.1) is 0 Å². The number of hydrogen-bond donors (Lipinski definition) is 2. The zero-order valence-electron chi connectivity index (χ0n) is 7.42. The highest BCUT2D eigenvalue weighted by atomic mass is 16.1. The molecule has 0 spiro atoms. The predicted molar refractivity (Wildman–Crippen MR) is 49.2 cm³/mol. The molecule has 3 N–H and O–H groups in total. The van der Waals surface area contributed by atoms with Crippen molar-refractivity contribution < 1.29 is 4.79 Å². The van der Waals surface area contributed by atoms with Gasteiger partial charge in [-0.3, -0.25) is 4.79 Å². The zero-order chi connectivity index (χ0) is 9.42. The topological polar surface area (TPSA) is 68.0 Å². The first-order chi connectivity index (χ1) is 6.18. The molecular weight excluding hydrogens is 166 g/mol. The predicted octanol–water partition coefficient (Wildman–Crippen LogP) is 0.470. The number of nitrogens with zero attached hydrogens (tertiary/aromatic N) is 1. The molecule has 0 aliphatic carbocycles. The summed E-state index contributed by atoms with van der Waals surface area (Å²) in [5, 5.41) is 3.15. The van der Waals surface area contributed by atoms with E-state index in [1.165, 1.54) is 6.92 Å². The van der Waals surface area contributed by atoms with Gasteiger partial charge in [0.05, 0.1) is 11.3 Å². The third-order valence-corrected chi connectivity index (χ3v) is 2.21. The van der Waals surface area contributed by atoms with Gasteiger partial charge in [-0.25, -0.2) is 4.98 Å². The Bertz CT molecular complexity index is 373. The number of Topliss-reactive ketones (excluding diaryl/α,β-unsaturated/α-hetero) is 1. The van der Waals surface area contributed by atoms with Crippen molar-refractivity contribution in [3.63, 3.8) is 0 Å². The van der Waals surface area contributed by atoms with E-state index in [1.54, 1.807) is 0 Å². The fourth-order valence-corrected chi connectivity index (χ4v) is 1.51. The van der Waals surface area contributed by atoms with Crippen molar-refractivity contribution in [2.24, 2.45) is 0 Å². The van der Waals surface area contributed by atoms with Crippen molar-refractivity contribution in [3.8, 4) is 0 Å². The first kappa shape index (κ1) is 8.19. The van der Waals surface area contributed by atoms with Gasteiger partial charge in [-0.05, 0) is 18.6 Å². The maximum Gasteiger partial charge on any atom is 0.163 e. The van der Waals surface area contributed by atoms with Crippen molar-refractivity contribution in [2.75, 3.05) is 5.73 Å². The maximum atomic E-state index is 11.1. The molecule has 0 fully saturated rings. The van der Waals surface area contributed by atoms with E-state index in [2.05, 4.69) is 10.3 Å². The number of rotatable bonds is 1. The molecule has 0 saturated carbocycles. The van der Waals surface area contributed by atoms with E-state index in [-0.39, 0.29) is 5.78 Å². The van der Waals surface area contributed by atoms with Crippen LogP contribution in [0.3, 0.4) is 0 Å². The third kappa shape index (κ3) is 1.29. The Morgan fingerprint density at radius 1 is 1.62 bits per heavy atom. The minimum absolute atomic E-state index is 0.0281. The molecule has 1 aliphatic heterocycles. The van der Waals surface area contributed by atoms with Gasteiger partial charge in [0.1, 0.15) is 5.82 Å². The number of carbonyl (C=O) groups is 1. The van der Waals surface area contributed by atoms with Gasteiger partial charge in [0.25, 0.3) is 0 Å². The lowest BCUT2D eigenvalue weighted by Crippen LogP contribution is -2.05. The highest BCUT2D eigenvalue weighted by molar-refractivity contribution is 5.98. The van der Waals surface area contributed by atoms with Crippen molar-refractivity contribution in [1.29, 1.82) is 0 Å². The van der Waals surface area contributed by atoms with Gasteiger partial charge >= 0.3 is 0 Å². The normalized spacial score (nSPS) is 14.2. The summed E-state index contributed by atoms with van der Waals surface area (Å²) in [6, 6.07) is 1.83. The molecule has 1 aromatic heterocycles. The molecule has 68 valence electrons. The summed E-state index contributed by atoms with van der Waals surface area (Å²) in [5.41, 5.74) is 8.21. The molecule has 1 aliphatic rings. The van der Waals surface area contributed by atoms with Crippen molar-refractivity contribution in [3.05, 3.63) is 22.9 Å². The number of ketones is 1. The first-order valence-corrected chi connectivity index (χ1v) is 4.18. The molecule has 2 heterocycles. The number of nitrogen functional groups attached to an aromatic ring is 1. The number of nitrogens with one attached hydrogen (secondary N) is 1. The number of hydrogen-bond acceptors (Lipinski definition) is 4. The second kappa shape index (κ2) is 2.81. The van der Waals surface area contributed by atoms with Gasteiger partial charge in [-0.1, -0.05) is 0 Å². The Balaban J connectivity index is 2.55. The van der Waals surface area contributed by atoms with Gasteiger partial charge in [0.15, 0.2) is 5.78 Å². The Labute approximate surface area is 76.2 Å². The minimum Gasteiger partial charge on any atom is -0.383 e. The van der Waals surface area contributed by atoms with E-state index in [4.69, 9.17) is 5.73 Å². The largest absolute Gasteiger partial charge is 0.383 e.